The van der Waals surface area contributed by atoms with Gasteiger partial charge in [-0.2, -0.15) is 5.26 Å². The van der Waals surface area contributed by atoms with Crippen molar-refractivity contribution >= 4 is 46.1 Å². The lowest BCUT2D eigenvalue weighted by Crippen LogP contribution is -2.40. The van der Waals surface area contributed by atoms with Crippen molar-refractivity contribution in [1.82, 2.24) is 9.47 Å². The van der Waals surface area contributed by atoms with Gasteiger partial charge in [0.05, 0.1) is 10.9 Å². The number of nitrogens with zero attached hydrogens (tertiary/aromatic N) is 4. The Balaban J connectivity index is 1.85. The summed E-state index contributed by atoms with van der Waals surface area (Å²) in [6, 6.07) is 11.8. The zero-order chi connectivity index (χ0) is 26.0. The molecule has 6 nitrogen and oxygen atoms in total. The van der Waals surface area contributed by atoms with Gasteiger partial charge in [0.2, 0.25) is 0 Å². The lowest BCUT2D eigenvalue weighted by atomic mass is 9.98. The topological polar surface area (TPSA) is 69.3 Å². The molecular weight excluding hydrogens is 488 g/mol. The Kier molecular flexibility index (Phi) is 8.01. The number of piperidine rings is 1. The maximum atomic E-state index is 13.6. The maximum Gasteiger partial charge on any atom is 0.270 e. The van der Waals surface area contributed by atoms with Crippen LogP contribution in [0, 0.1) is 24.2 Å². The molecule has 2 aromatic rings. The van der Waals surface area contributed by atoms with Crippen molar-refractivity contribution < 1.29 is 4.79 Å². The number of thioether (sulfide) groups is 1. The van der Waals surface area contributed by atoms with E-state index in [1.165, 1.54) is 11.8 Å². The van der Waals surface area contributed by atoms with E-state index in [2.05, 4.69) is 17.9 Å². The molecule has 3 heterocycles. The highest BCUT2D eigenvalue weighted by molar-refractivity contribution is 8.26. The Morgan fingerprint density at radius 2 is 2.00 bits per heavy atom. The SMILES string of the molecule is CCCn1c(N2CCCC(C)C2)c(/C=C2\SC(=S)N(C(C)c3ccccc3)C2=O)c(C)c(C#N)c1=O. The molecule has 2 saturated heterocycles. The van der Waals surface area contributed by atoms with E-state index in [4.69, 9.17) is 12.2 Å². The van der Waals surface area contributed by atoms with Crippen molar-refractivity contribution in [2.24, 2.45) is 5.92 Å². The first kappa shape index (κ1) is 26.2. The summed E-state index contributed by atoms with van der Waals surface area (Å²) in [5.74, 6) is 1.16. The second-order valence-corrected chi connectivity index (χ2v) is 11.3. The maximum absolute atomic E-state index is 13.6. The van der Waals surface area contributed by atoms with Gasteiger partial charge in [0.1, 0.15) is 21.8 Å². The van der Waals surface area contributed by atoms with Gasteiger partial charge in [-0.1, -0.05) is 68.2 Å². The standard InChI is InChI=1S/C28H32N4O2S2/c1-5-13-31-25(30-14-9-10-18(2)17-30)22(19(3)23(16-29)26(31)33)15-24-27(34)32(28(35)36-24)20(4)21-11-7-6-8-12-21/h6-8,11-12,15,18,20H,5,9-10,13-14,17H2,1-4H3/b24-15-. The van der Waals surface area contributed by atoms with Gasteiger partial charge in [-0.25, -0.2) is 0 Å². The molecule has 2 atom stereocenters. The Morgan fingerprint density at radius 3 is 2.64 bits per heavy atom. The highest BCUT2D eigenvalue weighted by Gasteiger charge is 2.37. The van der Waals surface area contributed by atoms with E-state index in [0.29, 0.717) is 27.3 Å². The van der Waals surface area contributed by atoms with Crippen LogP contribution in [-0.4, -0.2) is 32.8 Å². The fourth-order valence-electron chi connectivity index (χ4n) is 5.12. The second kappa shape index (κ2) is 11.0. The Hall–Kier alpha value is -2.89. The summed E-state index contributed by atoms with van der Waals surface area (Å²) >= 11 is 6.92. The van der Waals surface area contributed by atoms with Crippen molar-refractivity contribution in [3.8, 4) is 6.07 Å². The van der Waals surface area contributed by atoms with Crippen molar-refractivity contribution in [1.29, 1.82) is 5.26 Å². The highest BCUT2D eigenvalue weighted by atomic mass is 32.2. The monoisotopic (exact) mass is 520 g/mol. The number of carbonyl (C=O) groups is 1. The molecule has 2 aliphatic heterocycles. The predicted octanol–water partition coefficient (Wildman–Crippen LogP) is 5.64. The molecule has 1 aromatic heterocycles. The van der Waals surface area contributed by atoms with Crippen LogP contribution < -0.4 is 10.5 Å². The molecule has 0 radical (unpaired) electrons. The zero-order valence-corrected chi connectivity index (χ0v) is 22.9. The number of amides is 1. The minimum Gasteiger partial charge on any atom is -0.357 e. The third-order valence-electron chi connectivity index (χ3n) is 7.02. The molecule has 2 fully saturated rings. The highest BCUT2D eigenvalue weighted by Crippen LogP contribution is 2.40. The van der Waals surface area contributed by atoms with Gasteiger partial charge < -0.3 is 4.90 Å². The number of thiocarbonyl (C=S) groups is 1. The van der Waals surface area contributed by atoms with Gasteiger partial charge in [-0.15, -0.1) is 0 Å². The number of nitriles is 1. The number of anilines is 1. The second-order valence-electron chi connectivity index (χ2n) is 9.64. The van der Waals surface area contributed by atoms with E-state index in [-0.39, 0.29) is 23.1 Å². The molecule has 0 spiro atoms. The molecule has 0 N–H and O–H groups in total. The lowest BCUT2D eigenvalue weighted by Gasteiger charge is -2.36. The first-order chi connectivity index (χ1) is 17.3. The summed E-state index contributed by atoms with van der Waals surface area (Å²) in [4.78, 5) is 31.4. The van der Waals surface area contributed by atoms with Crippen LogP contribution in [0.1, 0.15) is 68.3 Å². The largest absolute Gasteiger partial charge is 0.357 e. The van der Waals surface area contributed by atoms with Gasteiger partial charge in [-0.3, -0.25) is 19.1 Å². The number of pyridine rings is 1. The molecule has 2 aliphatic rings. The van der Waals surface area contributed by atoms with Crippen LogP contribution in [0.25, 0.3) is 6.08 Å². The van der Waals surface area contributed by atoms with E-state index in [0.717, 1.165) is 49.3 Å². The quantitative estimate of drug-likeness (QED) is 0.363. The average Bonchev–Trinajstić information content (AvgIpc) is 3.15. The van der Waals surface area contributed by atoms with Gasteiger partial charge >= 0.3 is 0 Å². The van der Waals surface area contributed by atoms with Crippen LogP contribution in [0.15, 0.2) is 40.0 Å². The normalized spacial score (nSPS) is 20.2. The van der Waals surface area contributed by atoms with Crippen LogP contribution in [-0.2, 0) is 11.3 Å². The summed E-state index contributed by atoms with van der Waals surface area (Å²) in [5, 5.41) is 9.86. The summed E-state index contributed by atoms with van der Waals surface area (Å²) in [6.45, 7) is 10.2. The summed E-state index contributed by atoms with van der Waals surface area (Å²) in [6.07, 6.45) is 4.81. The Morgan fingerprint density at radius 1 is 1.28 bits per heavy atom. The van der Waals surface area contributed by atoms with E-state index < -0.39 is 0 Å². The summed E-state index contributed by atoms with van der Waals surface area (Å²) in [5.41, 5.74) is 2.27. The van der Waals surface area contributed by atoms with Crippen LogP contribution >= 0.6 is 24.0 Å². The van der Waals surface area contributed by atoms with Crippen LogP contribution in [0.3, 0.4) is 0 Å². The Labute approximate surface area is 222 Å². The molecule has 1 aromatic carbocycles. The van der Waals surface area contributed by atoms with E-state index in [1.54, 1.807) is 9.47 Å². The fourth-order valence-corrected chi connectivity index (χ4v) is 6.52. The number of carbonyl (C=O) groups excluding carboxylic acids is 1. The van der Waals surface area contributed by atoms with Crippen molar-refractivity contribution in [2.45, 2.75) is 59.5 Å². The summed E-state index contributed by atoms with van der Waals surface area (Å²) in [7, 11) is 0. The minimum absolute atomic E-state index is 0.136. The van der Waals surface area contributed by atoms with Crippen LogP contribution in [0.5, 0.6) is 0 Å². The van der Waals surface area contributed by atoms with Gasteiger partial charge in [0, 0.05) is 25.2 Å². The third kappa shape index (κ3) is 4.87. The molecule has 8 heteroatoms. The van der Waals surface area contributed by atoms with Crippen LogP contribution in [0.2, 0.25) is 0 Å². The van der Waals surface area contributed by atoms with Gasteiger partial charge in [0.25, 0.3) is 11.5 Å². The molecule has 0 aliphatic carbocycles. The lowest BCUT2D eigenvalue weighted by molar-refractivity contribution is -0.123. The molecule has 0 saturated carbocycles. The fraction of sp³-hybridized carbons (Fsp3) is 0.429. The van der Waals surface area contributed by atoms with Gasteiger partial charge in [-0.05, 0) is 56.2 Å². The molecular formula is C28H32N4O2S2. The van der Waals surface area contributed by atoms with Crippen molar-refractivity contribution in [3.63, 3.8) is 0 Å². The predicted molar refractivity (Wildman–Crippen MR) is 151 cm³/mol. The molecule has 2 unspecified atom stereocenters. The molecule has 188 valence electrons. The number of aromatic nitrogens is 1. The summed E-state index contributed by atoms with van der Waals surface area (Å²) < 4.78 is 2.25. The van der Waals surface area contributed by atoms with E-state index in [1.807, 2.05) is 57.2 Å². The molecule has 0 bridgehead atoms. The third-order valence-corrected chi connectivity index (χ3v) is 8.35. The zero-order valence-electron chi connectivity index (χ0n) is 21.3. The van der Waals surface area contributed by atoms with E-state index in [9.17, 15) is 14.9 Å². The first-order valence-electron chi connectivity index (χ1n) is 12.5. The minimum atomic E-state index is -0.257. The van der Waals surface area contributed by atoms with Gasteiger partial charge in [0.15, 0.2) is 0 Å². The van der Waals surface area contributed by atoms with Crippen molar-refractivity contribution in [3.05, 3.63) is 67.8 Å². The Bertz CT molecular complexity index is 1310. The average molecular weight is 521 g/mol. The molecule has 1 amide bonds. The number of hydrogen-bond donors (Lipinski definition) is 0. The van der Waals surface area contributed by atoms with Crippen molar-refractivity contribution in [2.75, 3.05) is 18.0 Å². The smallest absolute Gasteiger partial charge is 0.270 e. The number of hydrogen-bond acceptors (Lipinski definition) is 6. The molecule has 4 rings (SSSR count). The van der Waals surface area contributed by atoms with E-state index >= 15 is 0 Å². The molecule has 36 heavy (non-hydrogen) atoms. The number of benzene rings is 1. The number of rotatable bonds is 6. The first-order valence-corrected chi connectivity index (χ1v) is 13.7. The van der Waals surface area contributed by atoms with Crippen LogP contribution in [0.4, 0.5) is 5.82 Å².